The highest BCUT2D eigenvalue weighted by molar-refractivity contribution is 6.34. The molecule has 4 nitrogen and oxygen atoms in total. The number of nitrogens with zero attached hydrogens (tertiary/aromatic N) is 2. The molecule has 0 saturated carbocycles. The predicted molar refractivity (Wildman–Crippen MR) is 116 cm³/mol. The Morgan fingerprint density at radius 3 is 2.39 bits per heavy atom. The van der Waals surface area contributed by atoms with Gasteiger partial charge < -0.3 is 9.74 Å². The molecule has 166 valence electrons. The summed E-state index contributed by atoms with van der Waals surface area (Å²) in [6.45, 7) is 1.87. The van der Waals surface area contributed by atoms with Gasteiger partial charge in [0.1, 0.15) is 0 Å². The molecule has 0 saturated heterocycles. The highest BCUT2D eigenvalue weighted by Crippen LogP contribution is 2.50. The molecule has 0 amide bonds. The van der Waals surface area contributed by atoms with Crippen molar-refractivity contribution in [3.05, 3.63) is 62.6 Å². The molecule has 1 aliphatic rings. The number of hydrogen-bond acceptors (Lipinski definition) is 4. The number of ketones is 1. The fourth-order valence-electron chi connectivity index (χ4n) is 3.29. The van der Waals surface area contributed by atoms with Gasteiger partial charge in [-0.25, -0.2) is 0 Å². The van der Waals surface area contributed by atoms with Crippen LogP contribution < -0.4 is 4.90 Å². The molecule has 10 heteroatoms. The van der Waals surface area contributed by atoms with Crippen LogP contribution in [0.3, 0.4) is 0 Å². The largest absolute Gasteiger partial charge is 0.435 e. The van der Waals surface area contributed by atoms with Gasteiger partial charge in [0.2, 0.25) is 0 Å². The lowest BCUT2D eigenvalue weighted by atomic mass is 9.86. The van der Waals surface area contributed by atoms with Crippen molar-refractivity contribution in [3.8, 4) is 0 Å². The zero-order chi connectivity index (χ0) is 23.0. The third kappa shape index (κ3) is 4.78. The zero-order valence-corrected chi connectivity index (χ0v) is 18.8. The molecule has 1 unspecified atom stereocenters. The molecule has 2 aromatic carbocycles. The fourth-order valence-corrected chi connectivity index (χ4v) is 4.08. The Bertz CT molecular complexity index is 1020. The van der Waals surface area contributed by atoms with Crippen LogP contribution in [-0.4, -0.2) is 31.3 Å². The number of halogens is 6. The van der Waals surface area contributed by atoms with Crippen LogP contribution in [-0.2, 0) is 15.2 Å². The van der Waals surface area contributed by atoms with Gasteiger partial charge in [0.15, 0.2) is 5.78 Å². The van der Waals surface area contributed by atoms with Crippen molar-refractivity contribution in [1.29, 1.82) is 0 Å². The van der Waals surface area contributed by atoms with Gasteiger partial charge in [0, 0.05) is 41.1 Å². The number of carbonyl (C=O) groups excluding carboxylic acids is 1. The minimum atomic E-state index is -4.79. The SMILES string of the molecule is CCC(=O)CN(C)c1cc(C2=NOC(c3cc(Cl)cc(Cl)c3)(C(F)(F)F)C2)ccc1Cl. The van der Waals surface area contributed by atoms with E-state index in [1.54, 1.807) is 37.1 Å². The Morgan fingerprint density at radius 2 is 1.81 bits per heavy atom. The fraction of sp³-hybridized carbons (Fsp3) is 0.333. The number of Topliss-reactive ketones (excluding diaryl/α,β-unsaturated/α-hetero) is 1. The first-order chi connectivity index (χ1) is 14.5. The Morgan fingerprint density at radius 1 is 1.16 bits per heavy atom. The van der Waals surface area contributed by atoms with E-state index in [2.05, 4.69) is 5.16 Å². The maximum atomic E-state index is 14.2. The third-order valence-corrected chi connectivity index (χ3v) is 5.77. The predicted octanol–water partition coefficient (Wildman–Crippen LogP) is 6.64. The average Bonchev–Trinajstić information content (AvgIpc) is 3.14. The second-order valence-corrected chi connectivity index (χ2v) is 8.48. The molecular formula is C21H18Cl3F3N2O2. The molecule has 31 heavy (non-hydrogen) atoms. The molecule has 0 fully saturated rings. The van der Waals surface area contributed by atoms with Crippen LogP contribution in [0.5, 0.6) is 0 Å². The van der Waals surface area contributed by atoms with Gasteiger partial charge >= 0.3 is 6.18 Å². The number of carbonyl (C=O) groups is 1. The number of alkyl halides is 3. The maximum absolute atomic E-state index is 14.2. The monoisotopic (exact) mass is 492 g/mol. The minimum absolute atomic E-state index is 0.000525. The van der Waals surface area contributed by atoms with E-state index in [4.69, 9.17) is 39.6 Å². The van der Waals surface area contributed by atoms with Crippen LogP contribution in [0.15, 0.2) is 41.6 Å². The van der Waals surface area contributed by atoms with Crippen LogP contribution >= 0.6 is 34.8 Å². The molecule has 0 N–H and O–H groups in total. The summed E-state index contributed by atoms with van der Waals surface area (Å²) in [4.78, 5) is 18.4. The Labute approximate surface area is 192 Å². The van der Waals surface area contributed by atoms with Crippen molar-refractivity contribution in [2.24, 2.45) is 5.16 Å². The number of benzene rings is 2. The van der Waals surface area contributed by atoms with E-state index >= 15 is 0 Å². The van der Waals surface area contributed by atoms with Gasteiger partial charge in [0.05, 0.1) is 23.0 Å². The number of likely N-dealkylation sites (N-methyl/N-ethyl adjacent to an activating group) is 1. The summed E-state index contributed by atoms with van der Waals surface area (Å²) in [5.41, 5.74) is -1.98. The highest BCUT2D eigenvalue weighted by Gasteiger charge is 2.62. The van der Waals surface area contributed by atoms with E-state index in [9.17, 15) is 18.0 Å². The molecule has 3 rings (SSSR count). The van der Waals surface area contributed by atoms with Crippen LogP contribution in [0.4, 0.5) is 18.9 Å². The van der Waals surface area contributed by atoms with Gasteiger partial charge in [-0.2, -0.15) is 13.2 Å². The molecule has 0 aromatic heterocycles. The van der Waals surface area contributed by atoms with Crippen LogP contribution in [0, 0.1) is 0 Å². The molecule has 0 radical (unpaired) electrons. The third-order valence-electron chi connectivity index (χ3n) is 5.01. The zero-order valence-electron chi connectivity index (χ0n) is 16.6. The summed E-state index contributed by atoms with van der Waals surface area (Å²) in [6, 6.07) is 8.36. The summed E-state index contributed by atoms with van der Waals surface area (Å²) < 4.78 is 42.5. The van der Waals surface area contributed by atoms with E-state index < -0.39 is 18.2 Å². The van der Waals surface area contributed by atoms with Crippen molar-refractivity contribution >= 4 is 52.0 Å². The van der Waals surface area contributed by atoms with E-state index in [0.29, 0.717) is 22.7 Å². The first-order valence-electron chi connectivity index (χ1n) is 9.28. The van der Waals surface area contributed by atoms with Crippen LogP contribution in [0.25, 0.3) is 0 Å². The van der Waals surface area contributed by atoms with Crippen molar-refractivity contribution in [2.45, 2.75) is 31.5 Å². The van der Waals surface area contributed by atoms with Gasteiger partial charge in [-0.15, -0.1) is 0 Å². The summed E-state index contributed by atoms with van der Waals surface area (Å²) in [6.07, 6.45) is -5.00. The smallest absolute Gasteiger partial charge is 0.374 e. The van der Waals surface area contributed by atoms with Crippen molar-refractivity contribution in [2.75, 3.05) is 18.5 Å². The Kier molecular flexibility index (Phi) is 6.79. The lowest BCUT2D eigenvalue weighted by Crippen LogP contribution is -2.42. The molecule has 0 aliphatic carbocycles. The summed E-state index contributed by atoms with van der Waals surface area (Å²) in [5.74, 6) is -0.000525. The summed E-state index contributed by atoms with van der Waals surface area (Å²) >= 11 is 18.1. The average molecular weight is 494 g/mol. The standard InChI is InChI=1S/C21H18Cl3F3N2O2/c1-3-16(30)11-29(2)19-6-12(4-5-17(19)24)18-10-20(31-28-18,21(25,26)27)13-7-14(22)9-15(23)8-13/h4-9H,3,10-11H2,1-2H3. The van der Waals surface area contributed by atoms with Gasteiger partial charge in [-0.05, 0) is 30.3 Å². The van der Waals surface area contributed by atoms with Gasteiger partial charge in [-0.1, -0.05) is 52.9 Å². The lowest BCUT2D eigenvalue weighted by Gasteiger charge is -2.29. The van der Waals surface area contributed by atoms with Crippen molar-refractivity contribution < 1.29 is 22.8 Å². The topological polar surface area (TPSA) is 41.9 Å². The van der Waals surface area contributed by atoms with E-state index in [1.165, 1.54) is 6.07 Å². The van der Waals surface area contributed by atoms with E-state index in [-0.39, 0.29) is 33.6 Å². The molecule has 0 bridgehead atoms. The Balaban J connectivity index is 1.97. The molecular weight excluding hydrogens is 476 g/mol. The molecule has 1 heterocycles. The first-order valence-corrected chi connectivity index (χ1v) is 10.4. The quantitative estimate of drug-likeness (QED) is 0.453. The molecule has 1 atom stereocenters. The van der Waals surface area contributed by atoms with Gasteiger partial charge in [0.25, 0.3) is 5.60 Å². The first kappa shape index (κ1) is 23.7. The van der Waals surface area contributed by atoms with Crippen molar-refractivity contribution in [1.82, 2.24) is 0 Å². The second kappa shape index (κ2) is 8.88. The molecule has 1 aliphatic heterocycles. The molecule has 0 spiro atoms. The lowest BCUT2D eigenvalue weighted by molar-refractivity contribution is -0.275. The van der Waals surface area contributed by atoms with E-state index in [1.807, 2.05) is 0 Å². The number of anilines is 1. The highest BCUT2D eigenvalue weighted by atomic mass is 35.5. The van der Waals surface area contributed by atoms with E-state index in [0.717, 1.165) is 12.1 Å². The van der Waals surface area contributed by atoms with Crippen LogP contribution in [0.1, 0.15) is 30.9 Å². The second-order valence-electron chi connectivity index (χ2n) is 7.20. The summed E-state index contributed by atoms with van der Waals surface area (Å²) in [7, 11) is 1.68. The minimum Gasteiger partial charge on any atom is -0.374 e. The van der Waals surface area contributed by atoms with Crippen LogP contribution in [0.2, 0.25) is 15.1 Å². The normalized spacial score (nSPS) is 18.5. The number of oxime groups is 1. The van der Waals surface area contributed by atoms with Gasteiger partial charge in [-0.3, -0.25) is 4.79 Å². The summed E-state index contributed by atoms with van der Waals surface area (Å²) in [5, 5.41) is 4.22. The molecule has 2 aromatic rings. The number of rotatable bonds is 6. The van der Waals surface area contributed by atoms with Crippen molar-refractivity contribution in [3.63, 3.8) is 0 Å². The number of hydrogen-bond donors (Lipinski definition) is 0. The maximum Gasteiger partial charge on any atom is 0.435 e. The Hall–Kier alpha value is -1.96.